The van der Waals surface area contributed by atoms with Crippen LogP contribution in [0.5, 0.6) is 0 Å². The van der Waals surface area contributed by atoms with E-state index in [0.29, 0.717) is 16.8 Å². The molecule has 25 heavy (non-hydrogen) atoms. The molecule has 1 saturated carbocycles. The first kappa shape index (κ1) is 16.4. The zero-order valence-corrected chi connectivity index (χ0v) is 14.2. The normalized spacial score (nSPS) is 25.8. The number of rotatable bonds is 3. The Morgan fingerprint density at radius 1 is 1.40 bits per heavy atom. The molecule has 8 heteroatoms. The molecule has 1 fully saturated rings. The van der Waals surface area contributed by atoms with Crippen LogP contribution in [0.1, 0.15) is 43.0 Å². The van der Waals surface area contributed by atoms with Crippen molar-refractivity contribution in [2.75, 3.05) is 5.32 Å². The number of halogens is 1. The van der Waals surface area contributed by atoms with Crippen LogP contribution in [0.4, 0.5) is 10.2 Å². The standard InChI is InChI=1S/C17H23FN6O/c1-24-8-9(6-21-24)15-13-10(7-20-17(13)25)14(18)16(23-15)22-12-5-3-2-4-11(12)19/h6,8,11-12,17,20,25H,2-5,7,19H2,1H3,(H,22,23)/t11-,12?,17?/m0/s1. The van der Waals surface area contributed by atoms with Gasteiger partial charge in [-0.1, -0.05) is 12.8 Å². The Bertz CT molecular complexity index is 792. The molecule has 2 aromatic heterocycles. The van der Waals surface area contributed by atoms with Crippen molar-refractivity contribution in [3.05, 3.63) is 29.3 Å². The third kappa shape index (κ3) is 2.90. The second-order valence-electron chi connectivity index (χ2n) is 6.90. The lowest BCUT2D eigenvalue weighted by molar-refractivity contribution is 0.151. The Morgan fingerprint density at radius 3 is 2.92 bits per heavy atom. The van der Waals surface area contributed by atoms with Gasteiger partial charge in [-0.2, -0.15) is 5.10 Å². The van der Waals surface area contributed by atoms with Crippen LogP contribution in [-0.2, 0) is 13.6 Å². The Kier molecular flexibility index (Phi) is 4.18. The average molecular weight is 346 g/mol. The number of aliphatic hydroxyl groups is 1. The van der Waals surface area contributed by atoms with Gasteiger partial charge in [0.25, 0.3) is 0 Å². The summed E-state index contributed by atoms with van der Waals surface area (Å²) in [6.45, 7) is 0.267. The lowest BCUT2D eigenvalue weighted by Gasteiger charge is -2.30. The first-order valence-electron chi connectivity index (χ1n) is 8.69. The highest BCUT2D eigenvalue weighted by atomic mass is 19.1. The molecule has 0 bridgehead atoms. The minimum atomic E-state index is -0.932. The van der Waals surface area contributed by atoms with E-state index < -0.39 is 12.0 Å². The van der Waals surface area contributed by atoms with E-state index in [4.69, 9.17) is 5.73 Å². The Morgan fingerprint density at radius 2 is 2.20 bits per heavy atom. The predicted octanol–water partition coefficient (Wildman–Crippen LogP) is 1.40. The van der Waals surface area contributed by atoms with E-state index in [2.05, 4.69) is 20.7 Å². The number of fused-ring (bicyclic) bond motifs is 1. The molecule has 0 radical (unpaired) electrons. The maximum Gasteiger partial charge on any atom is 0.170 e. The molecule has 0 saturated heterocycles. The first-order chi connectivity index (χ1) is 12.0. The summed E-state index contributed by atoms with van der Waals surface area (Å²) >= 11 is 0. The van der Waals surface area contributed by atoms with Crippen LogP contribution in [0.2, 0.25) is 0 Å². The van der Waals surface area contributed by atoms with Crippen molar-refractivity contribution in [2.24, 2.45) is 12.8 Å². The molecule has 3 atom stereocenters. The number of anilines is 1. The van der Waals surface area contributed by atoms with Gasteiger partial charge in [-0.15, -0.1) is 0 Å². The molecule has 2 aromatic rings. The second-order valence-corrected chi connectivity index (χ2v) is 6.90. The molecular weight excluding hydrogens is 323 g/mol. The van der Waals surface area contributed by atoms with Crippen LogP contribution >= 0.6 is 0 Å². The second kappa shape index (κ2) is 6.36. The third-order valence-corrected chi connectivity index (χ3v) is 5.14. The van der Waals surface area contributed by atoms with Crippen LogP contribution < -0.4 is 16.4 Å². The van der Waals surface area contributed by atoms with Crippen LogP contribution in [0.25, 0.3) is 11.3 Å². The number of nitrogens with one attached hydrogen (secondary N) is 2. The van der Waals surface area contributed by atoms with E-state index in [-0.39, 0.29) is 24.4 Å². The van der Waals surface area contributed by atoms with E-state index in [1.165, 1.54) is 0 Å². The minimum absolute atomic E-state index is 0.00578. The number of aliphatic hydroxyl groups excluding tert-OH is 1. The van der Waals surface area contributed by atoms with E-state index in [1.54, 1.807) is 10.9 Å². The van der Waals surface area contributed by atoms with Crippen LogP contribution in [-0.4, -0.2) is 32.0 Å². The highest BCUT2D eigenvalue weighted by Crippen LogP contribution is 2.37. The van der Waals surface area contributed by atoms with Gasteiger partial charge in [0.1, 0.15) is 6.23 Å². The quantitative estimate of drug-likeness (QED) is 0.670. The number of nitrogens with two attached hydrogens (primary N) is 1. The van der Waals surface area contributed by atoms with Gasteiger partial charge in [-0.05, 0) is 12.8 Å². The maximum atomic E-state index is 15.0. The summed E-state index contributed by atoms with van der Waals surface area (Å²) in [7, 11) is 1.81. The molecule has 134 valence electrons. The summed E-state index contributed by atoms with van der Waals surface area (Å²) in [5, 5.41) is 20.5. The van der Waals surface area contributed by atoms with Crippen LogP contribution in [0.15, 0.2) is 12.4 Å². The lowest BCUT2D eigenvalue weighted by atomic mass is 9.91. The average Bonchev–Trinajstić information content (AvgIpc) is 3.19. The van der Waals surface area contributed by atoms with E-state index in [0.717, 1.165) is 31.2 Å². The number of aromatic nitrogens is 3. The van der Waals surface area contributed by atoms with Gasteiger partial charge in [-0.3, -0.25) is 10.00 Å². The van der Waals surface area contributed by atoms with Gasteiger partial charge < -0.3 is 16.2 Å². The molecule has 4 rings (SSSR count). The Hall–Kier alpha value is -2.03. The molecule has 5 N–H and O–H groups in total. The summed E-state index contributed by atoms with van der Waals surface area (Å²) in [5.41, 5.74) is 8.43. The molecule has 0 amide bonds. The van der Waals surface area contributed by atoms with Crippen molar-refractivity contribution >= 4 is 5.82 Å². The van der Waals surface area contributed by atoms with Gasteiger partial charge in [0.05, 0.1) is 11.9 Å². The molecule has 3 heterocycles. The van der Waals surface area contributed by atoms with Crippen molar-refractivity contribution in [2.45, 2.75) is 50.5 Å². The van der Waals surface area contributed by atoms with Gasteiger partial charge in [0.2, 0.25) is 0 Å². The number of hydrogen-bond donors (Lipinski definition) is 4. The SMILES string of the molecule is Cn1cc(-c2nc(NC3CCCC[C@@H]3N)c(F)c3c2C(O)NC3)cn1. The van der Waals surface area contributed by atoms with Crippen molar-refractivity contribution < 1.29 is 9.50 Å². The van der Waals surface area contributed by atoms with E-state index >= 15 is 0 Å². The van der Waals surface area contributed by atoms with Crippen molar-refractivity contribution in [1.29, 1.82) is 0 Å². The third-order valence-electron chi connectivity index (χ3n) is 5.14. The highest BCUT2D eigenvalue weighted by Gasteiger charge is 2.32. The van der Waals surface area contributed by atoms with Gasteiger partial charge in [0.15, 0.2) is 11.6 Å². The number of nitrogens with zero attached hydrogens (tertiary/aromatic N) is 3. The highest BCUT2D eigenvalue weighted by molar-refractivity contribution is 5.68. The van der Waals surface area contributed by atoms with Crippen molar-refractivity contribution in [3.63, 3.8) is 0 Å². The minimum Gasteiger partial charge on any atom is -0.374 e. The van der Waals surface area contributed by atoms with Gasteiger partial charge in [-0.25, -0.2) is 9.37 Å². The Labute approximate surface area is 145 Å². The van der Waals surface area contributed by atoms with Crippen molar-refractivity contribution in [3.8, 4) is 11.3 Å². The van der Waals surface area contributed by atoms with E-state index in [1.807, 2.05) is 13.2 Å². The number of hydrogen-bond acceptors (Lipinski definition) is 6. The molecule has 7 nitrogen and oxygen atoms in total. The molecule has 2 aliphatic rings. The van der Waals surface area contributed by atoms with Gasteiger partial charge in [0, 0.05) is 48.6 Å². The molecule has 2 unspecified atom stereocenters. The van der Waals surface area contributed by atoms with E-state index in [9.17, 15) is 9.50 Å². The molecule has 0 spiro atoms. The van der Waals surface area contributed by atoms with Gasteiger partial charge >= 0.3 is 0 Å². The summed E-state index contributed by atoms with van der Waals surface area (Å²) in [4.78, 5) is 4.51. The lowest BCUT2D eigenvalue weighted by Crippen LogP contribution is -2.43. The Balaban J connectivity index is 1.77. The number of aryl methyl sites for hydroxylation is 1. The maximum absolute atomic E-state index is 15.0. The fraction of sp³-hybridized carbons (Fsp3) is 0.529. The summed E-state index contributed by atoms with van der Waals surface area (Å²) in [6.07, 6.45) is 6.56. The fourth-order valence-corrected chi connectivity index (χ4v) is 3.77. The zero-order valence-electron chi connectivity index (χ0n) is 14.2. The van der Waals surface area contributed by atoms with Crippen LogP contribution in [0.3, 0.4) is 0 Å². The first-order valence-corrected chi connectivity index (χ1v) is 8.69. The summed E-state index contributed by atoms with van der Waals surface area (Å²) in [5.74, 6) is -0.208. The topological polar surface area (TPSA) is 101 Å². The summed E-state index contributed by atoms with van der Waals surface area (Å²) < 4.78 is 16.7. The number of pyridine rings is 1. The smallest absolute Gasteiger partial charge is 0.170 e. The monoisotopic (exact) mass is 346 g/mol. The molecule has 0 aromatic carbocycles. The van der Waals surface area contributed by atoms with Crippen LogP contribution in [0, 0.1) is 5.82 Å². The zero-order chi connectivity index (χ0) is 17.6. The predicted molar refractivity (Wildman–Crippen MR) is 92.1 cm³/mol. The molecule has 1 aliphatic carbocycles. The largest absolute Gasteiger partial charge is 0.374 e. The molecule has 1 aliphatic heterocycles. The molecular formula is C17H23FN6O. The fourth-order valence-electron chi connectivity index (χ4n) is 3.77. The summed E-state index contributed by atoms with van der Waals surface area (Å²) in [6, 6.07) is 0.00333. The van der Waals surface area contributed by atoms with Crippen molar-refractivity contribution in [1.82, 2.24) is 20.1 Å².